The van der Waals surface area contributed by atoms with Gasteiger partial charge in [0, 0.05) is 6.54 Å². The zero-order chi connectivity index (χ0) is 9.10. The van der Waals surface area contributed by atoms with Crippen molar-refractivity contribution in [2.45, 2.75) is 38.1 Å². The molecule has 2 N–H and O–H groups in total. The van der Waals surface area contributed by atoms with Crippen LogP contribution in [-0.4, -0.2) is 25.0 Å². The Morgan fingerprint density at radius 1 is 1.29 bits per heavy atom. The maximum Gasteiger partial charge on any atom is 0.237 e. The topological polar surface area (TPSA) is 41.1 Å². The zero-order valence-corrected chi connectivity index (χ0v) is 9.24. The van der Waals surface area contributed by atoms with Gasteiger partial charge in [-0.25, -0.2) is 0 Å². The van der Waals surface area contributed by atoms with Crippen LogP contribution in [0.5, 0.6) is 0 Å². The van der Waals surface area contributed by atoms with Crippen molar-refractivity contribution < 1.29 is 4.79 Å². The van der Waals surface area contributed by atoms with Gasteiger partial charge in [-0.2, -0.15) is 0 Å². The SMILES string of the molecule is Cl.O=C(NCC1CCCC1)[C@H]1CCN1. The number of carbonyl (C=O) groups is 1. The molecule has 3 nitrogen and oxygen atoms in total. The molecule has 1 aliphatic carbocycles. The Hall–Kier alpha value is -0.280. The van der Waals surface area contributed by atoms with Gasteiger partial charge in [0.15, 0.2) is 0 Å². The molecule has 0 bridgehead atoms. The first-order valence-corrected chi connectivity index (χ1v) is 5.37. The first kappa shape index (κ1) is 11.8. The van der Waals surface area contributed by atoms with Crippen LogP contribution >= 0.6 is 12.4 Å². The Kier molecular flexibility index (Phi) is 4.69. The van der Waals surface area contributed by atoms with E-state index in [1.807, 2.05) is 0 Å². The van der Waals surface area contributed by atoms with E-state index >= 15 is 0 Å². The maximum atomic E-state index is 11.4. The third-order valence-corrected chi connectivity index (χ3v) is 3.18. The summed E-state index contributed by atoms with van der Waals surface area (Å²) in [7, 11) is 0. The fourth-order valence-corrected chi connectivity index (χ4v) is 2.10. The summed E-state index contributed by atoms with van der Waals surface area (Å²) in [5.41, 5.74) is 0. The lowest BCUT2D eigenvalue weighted by Gasteiger charge is -2.26. The molecule has 2 fully saturated rings. The summed E-state index contributed by atoms with van der Waals surface area (Å²) in [5, 5.41) is 6.13. The highest BCUT2D eigenvalue weighted by atomic mass is 35.5. The van der Waals surface area contributed by atoms with Crippen molar-refractivity contribution in [2.75, 3.05) is 13.1 Å². The quantitative estimate of drug-likeness (QED) is 0.745. The van der Waals surface area contributed by atoms with Gasteiger partial charge in [-0.1, -0.05) is 12.8 Å². The van der Waals surface area contributed by atoms with E-state index in [4.69, 9.17) is 0 Å². The smallest absolute Gasteiger partial charge is 0.237 e. The number of hydrogen-bond donors (Lipinski definition) is 2. The normalized spacial score (nSPS) is 26.4. The van der Waals surface area contributed by atoms with Crippen LogP contribution in [0.4, 0.5) is 0 Å². The lowest BCUT2D eigenvalue weighted by Crippen LogP contribution is -2.53. The fourth-order valence-electron chi connectivity index (χ4n) is 2.10. The number of rotatable bonds is 3. The van der Waals surface area contributed by atoms with Crippen LogP contribution in [0.1, 0.15) is 32.1 Å². The van der Waals surface area contributed by atoms with Crippen molar-refractivity contribution in [2.24, 2.45) is 5.92 Å². The third kappa shape index (κ3) is 2.85. The number of nitrogens with one attached hydrogen (secondary N) is 2. The molecule has 0 radical (unpaired) electrons. The first-order valence-electron chi connectivity index (χ1n) is 5.37. The Morgan fingerprint density at radius 2 is 1.93 bits per heavy atom. The predicted octanol–water partition coefficient (Wildman–Crippen LogP) is 1.08. The van der Waals surface area contributed by atoms with Gasteiger partial charge < -0.3 is 10.6 Å². The first-order chi connectivity index (χ1) is 6.36. The van der Waals surface area contributed by atoms with Gasteiger partial charge in [0.25, 0.3) is 0 Å². The second-order valence-corrected chi connectivity index (χ2v) is 4.19. The molecule has 1 saturated heterocycles. The average Bonchev–Trinajstić information content (AvgIpc) is 2.49. The van der Waals surface area contributed by atoms with Crippen LogP contribution in [0.3, 0.4) is 0 Å². The van der Waals surface area contributed by atoms with Gasteiger partial charge in [-0.05, 0) is 31.7 Å². The summed E-state index contributed by atoms with van der Waals surface area (Å²) in [6, 6.07) is 0.112. The molecule has 0 spiro atoms. The van der Waals surface area contributed by atoms with Crippen molar-refractivity contribution in [3.63, 3.8) is 0 Å². The van der Waals surface area contributed by atoms with E-state index < -0.39 is 0 Å². The molecule has 0 aromatic carbocycles. The van der Waals surface area contributed by atoms with E-state index in [0.717, 1.165) is 25.4 Å². The number of carbonyl (C=O) groups excluding carboxylic acids is 1. The van der Waals surface area contributed by atoms with Crippen LogP contribution in [0, 0.1) is 5.92 Å². The molecule has 1 atom stereocenters. The molecule has 1 aliphatic heterocycles. The second kappa shape index (κ2) is 5.56. The van der Waals surface area contributed by atoms with E-state index in [2.05, 4.69) is 10.6 Å². The molecule has 1 amide bonds. The summed E-state index contributed by atoms with van der Waals surface area (Å²) >= 11 is 0. The Labute approximate surface area is 91.4 Å². The van der Waals surface area contributed by atoms with E-state index in [0.29, 0.717) is 0 Å². The summed E-state index contributed by atoms with van der Waals surface area (Å²) in [6.45, 7) is 1.90. The van der Waals surface area contributed by atoms with Crippen LogP contribution in [0.15, 0.2) is 0 Å². The molecule has 1 saturated carbocycles. The minimum absolute atomic E-state index is 0. The van der Waals surface area contributed by atoms with E-state index in [1.54, 1.807) is 0 Å². The molecule has 82 valence electrons. The molecule has 1 heterocycles. The second-order valence-electron chi connectivity index (χ2n) is 4.19. The van der Waals surface area contributed by atoms with E-state index in [9.17, 15) is 4.79 Å². The minimum Gasteiger partial charge on any atom is -0.354 e. The highest BCUT2D eigenvalue weighted by Gasteiger charge is 2.25. The number of hydrogen-bond acceptors (Lipinski definition) is 2. The molecule has 4 heteroatoms. The van der Waals surface area contributed by atoms with Gasteiger partial charge in [-0.15, -0.1) is 12.4 Å². The average molecular weight is 219 g/mol. The van der Waals surface area contributed by atoms with Gasteiger partial charge in [0.2, 0.25) is 5.91 Å². The van der Waals surface area contributed by atoms with Gasteiger partial charge in [0.05, 0.1) is 6.04 Å². The third-order valence-electron chi connectivity index (χ3n) is 3.18. The van der Waals surface area contributed by atoms with Crippen LogP contribution in [-0.2, 0) is 4.79 Å². The Balaban J connectivity index is 0.000000980. The zero-order valence-electron chi connectivity index (χ0n) is 8.42. The predicted molar refractivity (Wildman–Crippen MR) is 58.6 cm³/mol. The molecular weight excluding hydrogens is 200 g/mol. The van der Waals surface area contributed by atoms with Crippen molar-refractivity contribution in [3.05, 3.63) is 0 Å². The lowest BCUT2D eigenvalue weighted by atomic mass is 10.1. The maximum absolute atomic E-state index is 11.4. The molecule has 0 aromatic heterocycles. The van der Waals surface area contributed by atoms with Crippen molar-refractivity contribution in [1.29, 1.82) is 0 Å². The fraction of sp³-hybridized carbons (Fsp3) is 0.900. The number of amides is 1. The van der Waals surface area contributed by atoms with E-state index in [-0.39, 0.29) is 24.4 Å². The van der Waals surface area contributed by atoms with Crippen LogP contribution < -0.4 is 10.6 Å². The summed E-state index contributed by atoms with van der Waals surface area (Å²) in [4.78, 5) is 11.4. The molecule has 2 rings (SSSR count). The van der Waals surface area contributed by atoms with E-state index in [1.165, 1.54) is 25.7 Å². The monoisotopic (exact) mass is 218 g/mol. The van der Waals surface area contributed by atoms with Crippen LogP contribution in [0.25, 0.3) is 0 Å². The molecule has 0 aromatic rings. The Morgan fingerprint density at radius 3 is 2.43 bits per heavy atom. The summed E-state index contributed by atoms with van der Waals surface area (Å²) in [5.74, 6) is 0.960. The standard InChI is InChI=1S/C10H18N2O.ClH/c13-10(9-5-6-11-9)12-7-8-3-1-2-4-8;/h8-9,11H,1-7H2,(H,12,13);1H/t9-;/m1./s1. The molecular formula is C10H19ClN2O. The summed E-state index contributed by atoms with van der Waals surface area (Å²) in [6.07, 6.45) is 6.32. The minimum atomic E-state index is 0. The molecule has 14 heavy (non-hydrogen) atoms. The van der Waals surface area contributed by atoms with Crippen molar-refractivity contribution in [3.8, 4) is 0 Å². The van der Waals surface area contributed by atoms with Gasteiger partial charge in [-0.3, -0.25) is 4.79 Å². The highest BCUT2D eigenvalue weighted by molar-refractivity contribution is 5.85. The summed E-state index contributed by atoms with van der Waals surface area (Å²) < 4.78 is 0. The van der Waals surface area contributed by atoms with Crippen molar-refractivity contribution >= 4 is 18.3 Å². The molecule has 0 unspecified atom stereocenters. The van der Waals surface area contributed by atoms with Crippen molar-refractivity contribution in [1.82, 2.24) is 10.6 Å². The van der Waals surface area contributed by atoms with Gasteiger partial charge in [0.1, 0.15) is 0 Å². The largest absolute Gasteiger partial charge is 0.354 e. The molecule has 2 aliphatic rings. The lowest BCUT2D eigenvalue weighted by molar-refractivity contribution is -0.124. The van der Waals surface area contributed by atoms with Gasteiger partial charge >= 0.3 is 0 Å². The Bertz CT molecular complexity index is 189. The van der Waals surface area contributed by atoms with Crippen LogP contribution in [0.2, 0.25) is 0 Å². The number of halogens is 1. The highest BCUT2D eigenvalue weighted by Crippen LogP contribution is 2.23.